The topological polar surface area (TPSA) is 59.3 Å². The number of rotatable bonds is 7. The summed E-state index contributed by atoms with van der Waals surface area (Å²) in [6.45, 7) is 4.29. The number of hydrogen-bond donors (Lipinski definition) is 1. The molecule has 0 saturated heterocycles. The lowest BCUT2D eigenvalue weighted by molar-refractivity contribution is 0.0698. The Hall–Kier alpha value is -2.36. The molecule has 0 aliphatic carbocycles. The third-order valence-corrected chi connectivity index (χ3v) is 3.54. The molecule has 0 fully saturated rings. The van der Waals surface area contributed by atoms with Crippen LogP contribution in [0.2, 0.25) is 0 Å². The lowest BCUT2D eigenvalue weighted by Gasteiger charge is -2.11. The number of unbranched alkanes of at least 4 members (excludes halogenated alkanes) is 3. The third kappa shape index (κ3) is 3.40. The molecular formula is C17H19NO3. The van der Waals surface area contributed by atoms with Crippen LogP contribution in [0.25, 0.3) is 10.9 Å². The normalized spacial score (nSPS) is 10.7. The highest BCUT2D eigenvalue weighted by Gasteiger charge is 2.13. The Morgan fingerprint density at radius 3 is 2.71 bits per heavy atom. The molecule has 4 heteroatoms. The SMILES string of the molecule is C=CCCCCCn1c(=O)cc(C(=O)O)c2ccccc21. The van der Waals surface area contributed by atoms with E-state index in [1.54, 1.807) is 22.8 Å². The molecule has 110 valence electrons. The number of carboxylic acid groups (broad SMARTS) is 1. The van der Waals surface area contributed by atoms with Gasteiger partial charge < -0.3 is 9.67 Å². The summed E-state index contributed by atoms with van der Waals surface area (Å²) < 4.78 is 1.66. The molecule has 0 atom stereocenters. The molecule has 0 aliphatic heterocycles. The molecule has 0 spiro atoms. The minimum Gasteiger partial charge on any atom is -0.478 e. The number of allylic oxidation sites excluding steroid dienone is 1. The number of carboxylic acids is 1. The zero-order chi connectivity index (χ0) is 15.2. The summed E-state index contributed by atoms with van der Waals surface area (Å²) in [6.07, 6.45) is 5.85. The average Bonchev–Trinajstić information content (AvgIpc) is 2.48. The maximum absolute atomic E-state index is 12.2. The van der Waals surface area contributed by atoms with Gasteiger partial charge in [-0.3, -0.25) is 4.79 Å². The highest BCUT2D eigenvalue weighted by atomic mass is 16.4. The number of hydrogen-bond acceptors (Lipinski definition) is 2. The molecular weight excluding hydrogens is 266 g/mol. The summed E-state index contributed by atoms with van der Waals surface area (Å²) in [5.41, 5.74) is 0.499. The van der Waals surface area contributed by atoms with E-state index in [4.69, 9.17) is 0 Å². The summed E-state index contributed by atoms with van der Waals surface area (Å²) in [6, 6.07) is 8.36. The first-order valence-corrected chi connectivity index (χ1v) is 7.12. The van der Waals surface area contributed by atoms with Crippen molar-refractivity contribution >= 4 is 16.9 Å². The lowest BCUT2D eigenvalue weighted by atomic mass is 10.1. The molecule has 2 rings (SSSR count). The van der Waals surface area contributed by atoms with Gasteiger partial charge in [-0.05, 0) is 25.3 Å². The van der Waals surface area contributed by atoms with E-state index in [-0.39, 0.29) is 11.1 Å². The second-order valence-corrected chi connectivity index (χ2v) is 5.01. The monoisotopic (exact) mass is 285 g/mol. The molecule has 2 aromatic rings. The molecule has 0 bridgehead atoms. The second kappa shape index (κ2) is 6.88. The van der Waals surface area contributed by atoms with Crippen LogP contribution >= 0.6 is 0 Å². The van der Waals surface area contributed by atoms with Gasteiger partial charge in [0.25, 0.3) is 5.56 Å². The van der Waals surface area contributed by atoms with Crippen molar-refractivity contribution in [1.82, 2.24) is 4.57 Å². The third-order valence-electron chi connectivity index (χ3n) is 3.54. The molecule has 0 amide bonds. The van der Waals surface area contributed by atoms with Crippen LogP contribution in [0, 0.1) is 0 Å². The first kappa shape index (κ1) is 15.0. The molecule has 0 unspecified atom stereocenters. The van der Waals surface area contributed by atoms with Gasteiger partial charge in [-0.2, -0.15) is 0 Å². The van der Waals surface area contributed by atoms with Gasteiger partial charge in [0.15, 0.2) is 0 Å². The highest BCUT2D eigenvalue weighted by molar-refractivity contribution is 6.02. The fourth-order valence-corrected chi connectivity index (χ4v) is 2.48. The van der Waals surface area contributed by atoms with Gasteiger partial charge in [0.2, 0.25) is 0 Å². The van der Waals surface area contributed by atoms with Gasteiger partial charge in [0.05, 0.1) is 11.1 Å². The van der Waals surface area contributed by atoms with E-state index in [9.17, 15) is 14.7 Å². The molecule has 1 aromatic carbocycles. The molecule has 1 aromatic heterocycles. The van der Waals surface area contributed by atoms with Crippen LogP contribution in [-0.4, -0.2) is 15.6 Å². The summed E-state index contributed by atoms with van der Waals surface area (Å²) in [5, 5.41) is 9.82. The van der Waals surface area contributed by atoms with Gasteiger partial charge in [-0.1, -0.05) is 30.7 Å². The standard InChI is InChI=1S/C17H19NO3/c1-2-3-4-5-8-11-18-15-10-7-6-9-13(15)14(17(20)21)12-16(18)19/h2,6-7,9-10,12H,1,3-5,8,11H2,(H,20,21). The van der Waals surface area contributed by atoms with Gasteiger partial charge in [0.1, 0.15) is 0 Å². The minimum atomic E-state index is -1.07. The number of para-hydroxylation sites is 1. The number of nitrogens with zero attached hydrogens (tertiary/aromatic N) is 1. The van der Waals surface area contributed by atoms with Gasteiger partial charge >= 0.3 is 5.97 Å². The Labute approximate surface area is 123 Å². The van der Waals surface area contributed by atoms with Crippen LogP contribution in [-0.2, 0) is 6.54 Å². The molecule has 0 radical (unpaired) electrons. The second-order valence-electron chi connectivity index (χ2n) is 5.01. The van der Waals surface area contributed by atoms with Crippen LogP contribution in [0.3, 0.4) is 0 Å². The predicted molar refractivity (Wildman–Crippen MR) is 83.8 cm³/mol. The number of aryl methyl sites for hydroxylation is 1. The Morgan fingerprint density at radius 1 is 1.24 bits per heavy atom. The zero-order valence-corrected chi connectivity index (χ0v) is 11.9. The number of aromatic carboxylic acids is 1. The van der Waals surface area contributed by atoms with E-state index in [1.807, 2.05) is 12.1 Å². The number of fused-ring (bicyclic) bond motifs is 1. The van der Waals surface area contributed by atoms with Crippen molar-refractivity contribution in [2.45, 2.75) is 32.2 Å². The Balaban J connectivity index is 2.34. The number of benzene rings is 1. The highest BCUT2D eigenvalue weighted by Crippen LogP contribution is 2.17. The quantitative estimate of drug-likeness (QED) is 0.626. The first-order chi connectivity index (χ1) is 10.1. The van der Waals surface area contributed by atoms with Crippen molar-refractivity contribution in [3.8, 4) is 0 Å². The average molecular weight is 285 g/mol. The fraction of sp³-hybridized carbons (Fsp3) is 0.294. The van der Waals surface area contributed by atoms with Crippen LogP contribution in [0.5, 0.6) is 0 Å². The smallest absolute Gasteiger partial charge is 0.336 e. The zero-order valence-electron chi connectivity index (χ0n) is 11.9. The first-order valence-electron chi connectivity index (χ1n) is 7.12. The van der Waals surface area contributed by atoms with Crippen LogP contribution in [0.4, 0.5) is 0 Å². The summed E-state index contributed by atoms with van der Waals surface area (Å²) in [4.78, 5) is 23.4. The Morgan fingerprint density at radius 2 is 2.00 bits per heavy atom. The maximum Gasteiger partial charge on any atom is 0.336 e. The Kier molecular flexibility index (Phi) is 4.93. The molecule has 0 saturated carbocycles. The van der Waals surface area contributed by atoms with Crippen molar-refractivity contribution in [3.63, 3.8) is 0 Å². The number of carbonyl (C=O) groups is 1. The van der Waals surface area contributed by atoms with Gasteiger partial charge in [-0.25, -0.2) is 4.79 Å². The molecule has 0 aliphatic rings. The van der Waals surface area contributed by atoms with Crippen LogP contribution < -0.4 is 5.56 Å². The van der Waals surface area contributed by atoms with Gasteiger partial charge in [-0.15, -0.1) is 6.58 Å². The van der Waals surface area contributed by atoms with E-state index in [0.717, 1.165) is 25.7 Å². The van der Waals surface area contributed by atoms with Crippen molar-refractivity contribution in [3.05, 3.63) is 58.9 Å². The fourth-order valence-electron chi connectivity index (χ4n) is 2.48. The summed E-state index contributed by atoms with van der Waals surface area (Å²) in [5.74, 6) is -1.07. The van der Waals surface area contributed by atoms with Crippen molar-refractivity contribution in [2.75, 3.05) is 0 Å². The Bertz CT molecular complexity index is 716. The van der Waals surface area contributed by atoms with E-state index in [1.165, 1.54) is 6.07 Å². The van der Waals surface area contributed by atoms with Crippen molar-refractivity contribution in [1.29, 1.82) is 0 Å². The minimum absolute atomic E-state index is 0.0681. The van der Waals surface area contributed by atoms with E-state index in [0.29, 0.717) is 17.4 Å². The van der Waals surface area contributed by atoms with Crippen molar-refractivity contribution < 1.29 is 9.90 Å². The molecule has 21 heavy (non-hydrogen) atoms. The van der Waals surface area contributed by atoms with E-state index in [2.05, 4.69) is 6.58 Å². The van der Waals surface area contributed by atoms with Crippen molar-refractivity contribution in [2.24, 2.45) is 0 Å². The van der Waals surface area contributed by atoms with Crippen LogP contribution in [0.15, 0.2) is 47.8 Å². The molecule has 4 nitrogen and oxygen atoms in total. The van der Waals surface area contributed by atoms with Gasteiger partial charge in [0, 0.05) is 18.0 Å². The lowest BCUT2D eigenvalue weighted by Crippen LogP contribution is -2.22. The summed E-state index contributed by atoms with van der Waals surface area (Å²) in [7, 11) is 0. The summed E-state index contributed by atoms with van der Waals surface area (Å²) >= 11 is 0. The maximum atomic E-state index is 12.2. The number of aromatic nitrogens is 1. The largest absolute Gasteiger partial charge is 0.478 e. The van der Waals surface area contributed by atoms with E-state index >= 15 is 0 Å². The molecule has 1 N–H and O–H groups in total. The number of pyridine rings is 1. The molecule has 1 heterocycles. The van der Waals surface area contributed by atoms with E-state index < -0.39 is 5.97 Å². The predicted octanol–water partition coefficient (Wildman–Crippen LogP) is 3.45. The van der Waals surface area contributed by atoms with Crippen LogP contribution in [0.1, 0.15) is 36.0 Å².